The van der Waals surface area contributed by atoms with Crippen molar-refractivity contribution in [1.82, 2.24) is 15.3 Å². The van der Waals surface area contributed by atoms with E-state index in [0.29, 0.717) is 11.7 Å². The smallest absolute Gasteiger partial charge is 0.270 e. The number of carbonyl (C=O) groups excluding carboxylic acids is 1. The van der Waals surface area contributed by atoms with Crippen molar-refractivity contribution >= 4 is 16.8 Å². The van der Waals surface area contributed by atoms with Gasteiger partial charge in [0, 0.05) is 23.8 Å². The molecule has 0 saturated heterocycles. The zero-order valence-corrected chi connectivity index (χ0v) is 8.68. The van der Waals surface area contributed by atoms with E-state index in [4.69, 9.17) is 0 Å². The van der Waals surface area contributed by atoms with E-state index in [1.807, 2.05) is 12.1 Å². The van der Waals surface area contributed by atoms with E-state index in [-0.39, 0.29) is 5.91 Å². The summed E-state index contributed by atoms with van der Waals surface area (Å²) < 4.78 is 0. The van der Waals surface area contributed by atoms with Crippen molar-refractivity contribution < 1.29 is 4.79 Å². The average molecular weight is 213 g/mol. The minimum absolute atomic E-state index is 0.0822. The molecule has 1 aliphatic rings. The molecule has 1 saturated carbocycles. The van der Waals surface area contributed by atoms with Crippen molar-refractivity contribution in [1.29, 1.82) is 0 Å². The predicted molar refractivity (Wildman–Crippen MR) is 60.0 cm³/mol. The maximum Gasteiger partial charge on any atom is 0.270 e. The standard InChI is InChI=1S/C12H11N3O/c16-12(14-9-2-3-9)11-4-1-8-7-13-6-5-10(8)15-11/h1,4-7,9H,2-3H2,(H,14,16). The van der Waals surface area contributed by atoms with Gasteiger partial charge in [0.15, 0.2) is 0 Å². The quantitative estimate of drug-likeness (QED) is 0.822. The summed E-state index contributed by atoms with van der Waals surface area (Å²) in [6.45, 7) is 0. The van der Waals surface area contributed by atoms with Crippen LogP contribution in [0.2, 0.25) is 0 Å². The normalized spacial score (nSPS) is 15.0. The number of hydrogen-bond acceptors (Lipinski definition) is 3. The molecule has 16 heavy (non-hydrogen) atoms. The molecule has 0 aliphatic heterocycles. The lowest BCUT2D eigenvalue weighted by molar-refractivity contribution is 0.0946. The second-order valence-corrected chi connectivity index (χ2v) is 4.01. The van der Waals surface area contributed by atoms with Gasteiger partial charge in [-0.3, -0.25) is 9.78 Å². The number of rotatable bonds is 2. The van der Waals surface area contributed by atoms with Crippen molar-refractivity contribution in [2.45, 2.75) is 18.9 Å². The maximum absolute atomic E-state index is 11.7. The van der Waals surface area contributed by atoms with Crippen LogP contribution in [0, 0.1) is 0 Å². The van der Waals surface area contributed by atoms with E-state index in [1.54, 1.807) is 18.5 Å². The van der Waals surface area contributed by atoms with Crippen LogP contribution < -0.4 is 5.32 Å². The van der Waals surface area contributed by atoms with Crippen LogP contribution in [0.1, 0.15) is 23.3 Å². The highest BCUT2D eigenvalue weighted by Crippen LogP contribution is 2.19. The van der Waals surface area contributed by atoms with E-state index in [2.05, 4.69) is 15.3 Å². The Hall–Kier alpha value is -1.97. The Balaban J connectivity index is 1.94. The number of aromatic nitrogens is 2. The first-order valence-corrected chi connectivity index (χ1v) is 5.34. The lowest BCUT2D eigenvalue weighted by Gasteiger charge is -2.03. The summed E-state index contributed by atoms with van der Waals surface area (Å²) in [5.74, 6) is -0.0822. The number of fused-ring (bicyclic) bond motifs is 1. The Labute approximate surface area is 92.7 Å². The molecule has 0 radical (unpaired) electrons. The van der Waals surface area contributed by atoms with Crippen LogP contribution >= 0.6 is 0 Å². The zero-order chi connectivity index (χ0) is 11.0. The number of pyridine rings is 2. The highest BCUT2D eigenvalue weighted by Gasteiger charge is 2.24. The Kier molecular flexibility index (Phi) is 2.06. The summed E-state index contributed by atoms with van der Waals surface area (Å²) in [5, 5.41) is 3.87. The molecule has 0 unspecified atom stereocenters. The molecule has 0 aromatic carbocycles. The second kappa shape index (κ2) is 3.56. The van der Waals surface area contributed by atoms with Crippen LogP contribution in [0.4, 0.5) is 0 Å². The molecule has 4 nitrogen and oxygen atoms in total. The van der Waals surface area contributed by atoms with Gasteiger partial charge in [0.1, 0.15) is 5.69 Å². The molecular formula is C12H11N3O. The fourth-order valence-corrected chi connectivity index (χ4v) is 1.58. The monoisotopic (exact) mass is 213 g/mol. The molecule has 2 heterocycles. The van der Waals surface area contributed by atoms with Crippen LogP contribution in [0.5, 0.6) is 0 Å². The van der Waals surface area contributed by atoms with Gasteiger partial charge in [-0.2, -0.15) is 0 Å². The minimum Gasteiger partial charge on any atom is -0.348 e. The molecule has 2 aromatic heterocycles. The molecule has 1 fully saturated rings. The number of hydrogen-bond donors (Lipinski definition) is 1. The molecule has 80 valence electrons. The maximum atomic E-state index is 11.7. The van der Waals surface area contributed by atoms with E-state index < -0.39 is 0 Å². The molecule has 0 bridgehead atoms. The summed E-state index contributed by atoms with van der Waals surface area (Å²) in [6.07, 6.45) is 5.59. The van der Waals surface area contributed by atoms with Crippen molar-refractivity contribution in [2.24, 2.45) is 0 Å². The summed E-state index contributed by atoms with van der Waals surface area (Å²) in [5.41, 5.74) is 1.28. The molecule has 3 rings (SSSR count). The number of carbonyl (C=O) groups is 1. The van der Waals surface area contributed by atoms with Crippen LogP contribution in [0.3, 0.4) is 0 Å². The lowest BCUT2D eigenvalue weighted by Crippen LogP contribution is -2.26. The van der Waals surface area contributed by atoms with Crippen molar-refractivity contribution in [3.8, 4) is 0 Å². The van der Waals surface area contributed by atoms with Gasteiger partial charge in [-0.25, -0.2) is 4.98 Å². The fourth-order valence-electron chi connectivity index (χ4n) is 1.58. The van der Waals surface area contributed by atoms with Gasteiger partial charge >= 0.3 is 0 Å². The minimum atomic E-state index is -0.0822. The Morgan fingerprint density at radius 1 is 1.31 bits per heavy atom. The van der Waals surface area contributed by atoms with E-state index in [1.165, 1.54) is 0 Å². The largest absolute Gasteiger partial charge is 0.348 e. The second-order valence-electron chi connectivity index (χ2n) is 4.01. The first kappa shape index (κ1) is 9.27. The third-order valence-corrected chi connectivity index (χ3v) is 2.63. The highest BCUT2D eigenvalue weighted by molar-refractivity contribution is 5.95. The summed E-state index contributed by atoms with van der Waals surface area (Å²) >= 11 is 0. The van der Waals surface area contributed by atoms with Crippen molar-refractivity contribution in [3.05, 3.63) is 36.3 Å². The molecule has 2 aromatic rings. The summed E-state index contributed by atoms with van der Waals surface area (Å²) in [7, 11) is 0. The first-order valence-electron chi connectivity index (χ1n) is 5.34. The van der Waals surface area contributed by atoms with Gasteiger partial charge in [0.05, 0.1) is 5.52 Å². The molecular weight excluding hydrogens is 202 g/mol. The van der Waals surface area contributed by atoms with Gasteiger partial charge in [-0.1, -0.05) is 0 Å². The molecule has 1 N–H and O–H groups in total. The fraction of sp³-hybridized carbons (Fsp3) is 0.250. The predicted octanol–water partition coefficient (Wildman–Crippen LogP) is 1.52. The van der Waals surface area contributed by atoms with E-state index in [9.17, 15) is 4.79 Å². The third-order valence-electron chi connectivity index (χ3n) is 2.63. The summed E-state index contributed by atoms with van der Waals surface area (Å²) in [4.78, 5) is 20.1. The van der Waals surface area contributed by atoms with Gasteiger partial charge < -0.3 is 5.32 Å². The summed E-state index contributed by atoms with van der Waals surface area (Å²) in [6, 6.07) is 5.78. The van der Waals surface area contributed by atoms with E-state index >= 15 is 0 Å². The topological polar surface area (TPSA) is 54.9 Å². The van der Waals surface area contributed by atoms with Crippen LogP contribution in [0.15, 0.2) is 30.6 Å². The lowest BCUT2D eigenvalue weighted by atomic mass is 10.2. The molecule has 0 atom stereocenters. The molecule has 0 spiro atoms. The highest BCUT2D eigenvalue weighted by atomic mass is 16.2. The van der Waals surface area contributed by atoms with Gasteiger partial charge in [0.25, 0.3) is 5.91 Å². The van der Waals surface area contributed by atoms with Crippen LogP contribution in [-0.2, 0) is 0 Å². The van der Waals surface area contributed by atoms with E-state index in [0.717, 1.165) is 23.7 Å². The molecule has 1 amide bonds. The zero-order valence-electron chi connectivity index (χ0n) is 8.68. The third kappa shape index (κ3) is 1.74. The van der Waals surface area contributed by atoms with Crippen molar-refractivity contribution in [3.63, 3.8) is 0 Å². The number of nitrogens with one attached hydrogen (secondary N) is 1. The Morgan fingerprint density at radius 3 is 3.00 bits per heavy atom. The number of amides is 1. The van der Waals surface area contributed by atoms with Gasteiger partial charge in [-0.15, -0.1) is 0 Å². The van der Waals surface area contributed by atoms with Crippen LogP contribution in [0.25, 0.3) is 10.9 Å². The molecule has 4 heteroatoms. The number of nitrogens with zero attached hydrogens (tertiary/aromatic N) is 2. The van der Waals surface area contributed by atoms with Gasteiger partial charge in [-0.05, 0) is 31.0 Å². The molecule has 1 aliphatic carbocycles. The SMILES string of the molecule is O=C(NC1CC1)c1ccc2cnccc2n1. The van der Waals surface area contributed by atoms with Gasteiger partial charge in [0.2, 0.25) is 0 Å². The van der Waals surface area contributed by atoms with Crippen LogP contribution in [-0.4, -0.2) is 21.9 Å². The Bertz CT molecular complexity index is 549. The average Bonchev–Trinajstić information content (AvgIpc) is 3.12. The Morgan fingerprint density at radius 2 is 2.19 bits per heavy atom. The first-order chi connectivity index (χ1) is 7.83. The van der Waals surface area contributed by atoms with Crippen molar-refractivity contribution in [2.75, 3.05) is 0 Å².